The zero-order chi connectivity index (χ0) is 16.7. The molecule has 0 aliphatic heterocycles. The van der Waals surface area contributed by atoms with Gasteiger partial charge in [-0.3, -0.25) is 0 Å². The van der Waals surface area contributed by atoms with E-state index >= 15 is 0 Å². The van der Waals surface area contributed by atoms with Crippen molar-refractivity contribution < 1.29 is 13.2 Å². The second-order valence-corrected chi connectivity index (χ2v) is 6.40. The highest BCUT2D eigenvalue weighted by atomic mass is 35.5. The predicted molar refractivity (Wildman–Crippen MR) is 85.8 cm³/mol. The van der Waals surface area contributed by atoms with Crippen molar-refractivity contribution in [3.05, 3.63) is 50.5 Å². The van der Waals surface area contributed by atoms with Crippen LogP contribution in [0.2, 0.25) is 0 Å². The first-order chi connectivity index (χ1) is 10.1. The standard InChI is InChI=1S/C15H13Cl3F3N/c1-22(2)10-6-8(5-9(7-10)15(19,20)21)11-3-4-12(16)14(18)13(11)17/h4-7,11H,3H2,1-2H3. The minimum Gasteiger partial charge on any atom is -0.378 e. The number of anilines is 1. The molecule has 7 heteroatoms. The molecule has 1 atom stereocenters. The molecule has 1 unspecified atom stereocenters. The van der Waals surface area contributed by atoms with E-state index in [2.05, 4.69) is 0 Å². The fourth-order valence-electron chi connectivity index (χ4n) is 2.22. The van der Waals surface area contributed by atoms with Gasteiger partial charge in [0, 0.05) is 30.7 Å². The van der Waals surface area contributed by atoms with Crippen LogP contribution in [0.4, 0.5) is 18.9 Å². The maximum Gasteiger partial charge on any atom is 0.416 e. The van der Waals surface area contributed by atoms with Crippen LogP contribution in [0.3, 0.4) is 0 Å². The van der Waals surface area contributed by atoms with E-state index in [9.17, 15) is 13.2 Å². The molecule has 22 heavy (non-hydrogen) atoms. The summed E-state index contributed by atoms with van der Waals surface area (Å²) in [6, 6.07) is 3.89. The van der Waals surface area contributed by atoms with E-state index in [1.807, 2.05) is 0 Å². The molecule has 0 saturated heterocycles. The summed E-state index contributed by atoms with van der Waals surface area (Å²) in [5, 5.41) is 0.768. The summed E-state index contributed by atoms with van der Waals surface area (Å²) in [4.78, 5) is 1.61. The molecule has 0 heterocycles. The summed E-state index contributed by atoms with van der Waals surface area (Å²) >= 11 is 18.1. The number of hydrogen-bond donors (Lipinski definition) is 0. The van der Waals surface area contributed by atoms with Gasteiger partial charge in [0.05, 0.1) is 15.6 Å². The van der Waals surface area contributed by atoms with E-state index in [0.29, 0.717) is 22.7 Å². The number of halogens is 6. The molecular formula is C15H13Cl3F3N. The van der Waals surface area contributed by atoms with Crippen LogP contribution >= 0.6 is 34.8 Å². The van der Waals surface area contributed by atoms with Crippen molar-refractivity contribution in [2.75, 3.05) is 19.0 Å². The van der Waals surface area contributed by atoms with Gasteiger partial charge in [-0.1, -0.05) is 40.9 Å². The van der Waals surface area contributed by atoms with E-state index in [1.54, 1.807) is 31.1 Å². The van der Waals surface area contributed by atoms with E-state index in [1.165, 1.54) is 0 Å². The van der Waals surface area contributed by atoms with E-state index in [0.717, 1.165) is 12.1 Å². The van der Waals surface area contributed by atoms with Gasteiger partial charge in [-0.15, -0.1) is 0 Å². The normalized spacial score (nSPS) is 19.3. The Kier molecular flexibility index (Phi) is 5.05. The van der Waals surface area contributed by atoms with Crippen molar-refractivity contribution in [1.82, 2.24) is 0 Å². The fourth-order valence-corrected chi connectivity index (χ4v) is 2.99. The first kappa shape index (κ1) is 17.5. The monoisotopic (exact) mass is 369 g/mol. The van der Waals surface area contributed by atoms with Crippen molar-refractivity contribution >= 4 is 40.5 Å². The molecule has 0 aromatic heterocycles. The van der Waals surface area contributed by atoms with Crippen LogP contribution in [0.5, 0.6) is 0 Å². The zero-order valence-corrected chi connectivity index (χ0v) is 14.1. The molecule has 120 valence electrons. The highest BCUT2D eigenvalue weighted by molar-refractivity contribution is 6.48. The minimum atomic E-state index is -4.43. The molecule has 1 nitrogen and oxygen atoms in total. The molecule has 1 aliphatic carbocycles. The number of alkyl halides is 3. The van der Waals surface area contributed by atoms with Gasteiger partial charge in [0.1, 0.15) is 0 Å². The van der Waals surface area contributed by atoms with Gasteiger partial charge in [-0.05, 0) is 30.2 Å². The molecule has 0 spiro atoms. The lowest BCUT2D eigenvalue weighted by Crippen LogP contribution is -2.14. The topological polar surface area (TPSA) is 3.24 Å². The lowest BCUT2D eigenvalue weighted by molar-refractivity contribution is -0.137. The van der Waals surface area contributed by atoms with E-state index < -0.39 is 17.7 Å². The molecule has 0 saturated carbocycles. The molecule has 2 rings (SSSR count). The van der Waals surface area contributed by atoms with E-state index in [-0.39, 0.29) is 10.1 Å². The molecular weight excluding hydrogens is 358 g/mol. The maximum atomic E-state index is 13.1. The largest absolute Gasteiger partial charge is 0.416 e. The minimum absolute atomic E-state index is 0.184. The molecule has 0 N–H and O–H groups in total. The highest BCUT2D eigenvalue weighted by Crippen LogP contribution is 2.44. The van der Waals surface area contributed by atoms with Crippen LogP contribution in [0, 0.1) is 0 Å². The van der Waals surface area contributed by atoms with Crippen molar-refractivity contribution in [3.63, 3.8) is 0 Å². The number of benzene rings is 1. The molecule has 0 bridgehead atoms. The van der Waals surface area contributed by atoms with Crippen LogP contribution in [-0.2, 0) is 6.18 Å². The van der Waals surface area contributed by atoms with Crippen molar-refractivity contribution in [3.8, 4) is 0 Å². The Morgan fingerprint density at radius 3 is 2.27 bits per heavy atom. The summed E-state index contributed by atoms with van der Waals surface area (Å²) in [6.07, 6.45) is -2.36. The fraction of sp³-hybridized carbons (Fsp3) is 0.333. The highest BCUT2D eigenvalue weighted by Gasteiger charge is 2.33. The summed E-state index contributed by atoms with van der Waals surface area (Å²) in [5.74, 6) is -0.433. The maximum absolute atomic E-state index is 13.1. The summed E-state index contributed by atoms with van der Waals surface area (Å²) in [7, 11) is 3.36. The molecule has 1 aromatic carbocycles. The molecule has 1 aromatic rings. The van der Waals surface area contributed by atoms with Crippen molar-refractivity contribution in [1.29, 1.82) is 0 Å². The van der Waals surface area contributed by atoms with Crippen molar-refractivity contribution in [2.45, 2.75) is 18.5 Å². The van der Waals surface area contributed by atoms with Crippen LogP contribution < -0.4 is 4.90 Å². The summed E-state index contributed by atoms with van der Waals surface area (Å²) in [5.41, 5.74) is 0.197. The van der Waals surface area contributed by atoms with Gasteiger partial charge >= 0.3 is 6.18 Å². The van der Waals surface area contributed by atoms with Crippen molar-refractivity contribution in [2.24, 2.45) is 0 Å². The Morgan fingerprint density at radius 2 is 1.73 bits per heavy atom. The second-order valence-electron chi connectivity index (χ2n) is 5.21. The van der Waals surface area contributed by atoms with E-state index in [4.69, 9.17) is 34.8 Å². The molecule has 0 radical (unpaired) electrons. The SMILES string of the molecule is CN(C)c1cc(C2CC=C(Cl)C(Cl)=C2Cl)cc(C(F)(F)F)c1. The Balaban J connectivity index is 2.54. The van der Waals surface area contributed by atoms with Gasteiger partial charge in [-0.2, -0.15) is 13.2 Å². The predicted octanol–water partition coefficient (Wildman–Crippen LogP) is 6.07. The Hall–Kier alpha value is -0.840. The Labute approximate surface area is 141 Å². The Morgan fingerprint density at radius 1 is 1.09 bits per heavy atom. The van der Waals surface area contributed by atoms with Crippen LogP contribution in [0.1, 0.15) is 23.5 Å². The number of rotatable bonds is 2. The number of hydrogen-bond acceptors (Lipinski definition) is 1. The van der Waals surface area contributed by atoms with Crippen LogP contribution in [-0.4, -0.2) is 14.1 Å². The van der Waals surface area contributed by atoms with Gasteiger partial charge in [-0.25, -0.2) is 0 Å². The summed E-state index contributed by atoms with van der Waals surface area (Å²) in [6.45, 7) is 0. The Bertz CT molecular complexity index is 648. The number of allylic oxidation sites excluding steroid dienone is 4. The van der Waals surface area contributed by atoms with Crippen LogP contribution in [0.15, 0.2) is 39.4 Å². The quantitative estimate of drug-likeness (QED) is 0.610. The van der Waals surface area contributed by atoms with Crippen LogP contribution in [0.25, 0.3) is 0 Å². The molecule has 0 fully saturated rings. The van der Waals surface area contributed by atoms with Gasteiger partial charge < -0.3 is 4.90 Å². The second kappa shape index (κ2) is 6.34. The summed E-state index contributed by atoms with van der Waals surface area (Å²) < 4.78 is 39.3. The average molecular weight is 371 g/mol. The third-order valence-electron chi connectivity index (χ3n) is 3.44. The molecule has 1 aliphatic rings. The first-order valence-corrected chi connectivity index (χ1v) is 7.55. The third-order valence-corrected chi connectivity index (χ3v) is 4.84. The average Bonchev–Trinajstić information content (AvgIpc) is 2.43. The number of nitrogens with zero attached hydrogens (tertiary/aromatic N) is 1. The molecule has 0 amide bonds. The smallest absolute Gasteiger partial charge is 0.378 e. The lowest BCUT2D eigenvalue weighted by atomic mass is 9.90. The lowest BCUT2D eigenvalue weighted by Gasteiger charge is -2.24. The van der Waals surface area contributed by atoms with Gasteiger partial charge in [0.15, 0.2) is 0 Å². The first-order valence-electron chi connectivity index (χ1n) is 6.42. The van der Waals surface area contributed by atoms with Gasteiger partial charge in [0.2, 0.25) is 0 Å². The zero-order valence-electron chi connectivity index (χ0n) is 11.8. The third kappa shape index (κ3) is 3.55. The van der Waals surface area contributed by atoms with Gasteiger partial charge in [0.25, 0.3) is 0 Å².